The van der Waals surface area contributed by atoms with Crippen molar-refractivity contribution >= 4 is 34.1 Å². The van der Waals surface area contributed by atoms with Crippen LogP contribution in [0.4, 0.5) is 0 Å². The molecule has 0 aliphatic heterocycles. The summed E-state index contributed by atoms with van der Waals surface area (Å²) in [6, 6.07) is 5.73. The SMILES string of the molecule is CC(C)CCOCCn1ccc2c(Cl)cc(Cl)cc21. The Morgan fingerprint density at radius 3 is 2.74 bits per heavy atom. The Morgan fingerprint density at radius 1 is 1.21 bits per heavy atom. The molecule has 0 bridgehead atoms. The van der Waals surface area contributed by atoms with Gasteiger partial charge in [0.05, 0.1) is 17.1 Å². The van der Waals surface area contributed by atoms with E-state index in [4.69, 9.17) is 27.9 Å². The van der Waals surface area contributed by atoms with Gasteiger partial charge in [-0.15, -0.1) is 0 Å². The molecule has 0 amide bonds. The lowest BCUT2D eigenvalue weighted by atomic mass is 10.1. The van der Waals surface area contributed by atoms with Gasteiger partial charge >= 0.3 is 0 Å². The van der Waals surface area contributed by atoms with Gasteiger partial charge in [0.2, 0.25) is 0 Å². The van der Waals surface area contributed by atoms with Crippen LogP contribution >= 0.6 is 23.2 Å². The summed E-state index contributed by atoms with van der Waals surface area (Å²) in [5.74, 6) is 0.685. The molecule has 104 valence electrons. The molecule has 1 aromatic carbocycles. The number of fused-ring (bicyclic) bond motifs is 1. The summed E-state index contributed by atoms with van der Waals surface area (Å²) in [4.78, 5) is 0. The van der Waals surface area contributed by atoms with E-state index in [1.165, 1.54) is 0 Å². The third-order valence-electron chi connectivity index (χ3n) is 3.12. The molecule has 0 radical (unpaired) electrons. The minimum absolute atomic E-state index is 0.665. The molecule has 0 atom stereocenters. The van der Waals surface area contributed by atoms with Gasteiger partial charge in [-0.25, -0.2) is 0 Å². The summed E-state index contributed by atoms with van der Waals surface area (Å²) in [5.41, 5.74) is 1.06. The molecule has 0 saturated heterocycles. The fraction of sp³-hybridized carbons (Fsp3) is 0.467. The maximum Gasteiger partial charge on any atom is 0.0645 e. The van der Waals surface area contributed by atoms with E-state index < -0.39 is 0 Å². The van der Waals surface area contributed by atoms with Crippen LogP contribution in [0.3, 0.4) is 0 Å². The quantitative estimate of drug-likeness (QED) is 0.684. The van der Waals surface area contributed by atoms with Gasteiger partial charge in [0.15, 0.2) is 0 Å². The minimum Gasteiger partial charge on any atom is -0.380 e. The molecule has 0 N–H and O–H groups in total. The molecule has 0 unspecified atom stereocenters. The number of hydrogen-bond donors (Lipinski definition) is 0. The highest BCUT2D eigenvalue weighted by Gasteiger charge is 2.06. The number of ether oxygens (including phenoxy) is 1. The van der Waals surface area contributed by atoms with Crippen molar-refractivity contribution in [2.45, 2.75) is 26.8 Å². The lowest BCUT2D eigenvalue weighted by molar-refractivity contribution is 0.117. The van der Waals surface area contributed by atoms with E-state index in [9.17, 15) is 0 Å². The molecule has 0 aliphatic carbocycles. The largest absolute Gasteiger partial charge is 0.380 e. The fourth-order valence-electron chi connectivity index (χ4n) is 2.00. The van der Waals surface area contributed by atoms with Gasteiger partial charge in [-0.3, -0.25) is 0 Å². The molecule has 1 aromatic heterocycles. The molecule has 0 saturated carbocycles. The number of hydrogen-bond acceptors (Lipinski definition) is 1. The number of nitrogens with zero attached hydrogens (tertiary/aromatic N) is 1. The van der Waals surface area contributed by atoms with Crippen LogP contribution in [0.1, 0.15) is 20.3 Å². The Labute approximate surface area is 124 Å². The molecule has 0 aliphatic rings. The Morgan fingerprint density at radius 2 is 2.00 bits per heavy atom. The van der Waals surface area contributed by atoms with Crippen LogP contribution in [0.5, 0.6) is 0 Å². The van der Waals surface area contributed by atoms with Crippen molar-refractivity contribution in [1.29, 1.82) is 0 Å². The second kappa shape index (κ2) is 6.65. The van der Waals surface area contributed by atoms with Gasteiger partial charge in [-0.05, 0) is 30.5 Å². The highest BCUT2D eigenvalue weighted by atomic mass is 35.5. The molecule has 4 heteroatoms. The summed E-state index contributed by atoms with van der Waals surface area (Å²) in [6.45, 7) is 6.75. The molecule has 2 nitrogen and oxygen atoms in total. The van der Waals surface area contributed by atoms with Crippen molar-refractivity contribution in [2.75, 3.05) is 13.2 Å². The Kier molecular flexibility index (Phi) is 5.14. The summed E-state index contributed by atoms with van der Waals surface area (Å²) < 4.78 is 7.77. The van der Waals surface area contributed by atoms with Gasteiger partial charge in [-0.1, -0.05) is 37.0 Å². The number of aromatic nitrogens is 1. The predicted molar refractivity (Wildman–Crippen MR) is 82.2 cm³/mol. The zero-order chi connectivity index (χ0) is 13.8. The van der Waals surface area contributed by atoms with E-state index in [0.717, 1.165) is 30.5 Å². The molecule has 2 rings (SSSR count). The zero-order valence-electron chi connectivity index (χ0n) is 11.3. The number of halogens is 2. The maximum atomic E-state index is 6.17. The van der Waals surface area contributed by atoms with Gasteiger partial charge in [-0.2, -0.15) is 0 Å². The second-order valence-electron chi connectivity index (χ2n) is 5.12. The lowest BCUT2D eigenvalue weighted by Crippen LogP contribution is -2.07. The molecule has 19 heavy (non-hydrogen) atoms. The average Bonchev–Trinajstić information content (AvgIpc) is 2.72. The first-order valence-corrected chi connectivity index (χ1v) is 7.35. The van der Waals surface area contributed by atoms with Crippen molar-refractivity contribution in [1.82, 2.24) is 4.57 Å². The summed E-state index contributed by atoms with van der Waals surface area (Å²) in [6.07, 6.45) is 3.13. The molecule has 0 fully saturated rings. The Balaban J connectivity index is 1.98. The molecule has 2 aromatic rings. The Hall–Kier alpha value is -0.700. The van der Waals surface area contributed by atoms with E-state index >= 15 is 0 Å². The van der Waals surface area contributed by atoms with E-state index in [-0.39, 0.29) is 0 Å². The van der Waals surface area contributed by atoms with Crippen LogP contribution in [-0.4, -0.2) is 17.8 Å². The van der Waals surface area contributed by atoms with Crippen LogP contribution in [0.25, 0.3) is 10.9 Å². The normalized spacial score (nSPS) is 11.6. The smallest absolute Gasteiger partial charge is 0.0645 e. The monoisotopic (exact) mass is 299 g/mol. The van der Waals surface area contributed by atoms with Crippen LogP contribution in [0.15, 0.2) is 24.4 Å². The van der Waals surface area contributed by atoms with E-state index in [0.29, 0.717) is 22.6 Å². The topological polar surface area (TPSA) is 14.2 Å². The third-order valence-corrected chi connectivity index (χ3v) is 3.65. The third kappa shape index (κ3) is 3.88. The van der Waals surface area contributed by atoms with Gasteiger partial charge < -0.3 is 9.30 Å². The highest BCUT2D eigenvalue weighted by molar-refractivity contribution is 6.38. The first kappa shape index (κ1) is 14.7. The van der Waals surface area contributed by atoms with Crippen LogP contribution in [0, 0.1) is 5.92 Å². The summed E-state index contributed by atoms with van der Waals surface area (Å²) in [7, 11) is 0. The first-order chi connectivity index (χ1) is 9.08. The zero-order valence-corrected chi connectivity index (χ0v) is 12.8. The standard InChI is InChI=1S/C15H19Cl2NO/c1-11(2)4-7-19-8-6-18-5-3-13-14(17)9-12(16)10-15(13)18/h3,5,9-11H,4,6-8H2,1-2H3. The highest BCUT2D eigenvalue weighted by Crippen LogP contribution is 2.28. The summed E-state index contributed by atoms with van der Waals surface area (Å²) in [5, 5.41) is 2.40. The first-order valence-electron chi connectivity index (χ1n) is 6.59. The average molecular weight is 300 g/mol. The fourth-order valence-corrected chi connectivity index (χ4v) is 2.54. The van der Waals surface area contributed by atoms with Crippen molar-refractivity contribution in [2.24, 2.45) is 5.92 Å². The van der Waals surface area contributed by atoms with Crippen molar-refractivity contribution in [3.8, 4) is 0 Å². The maximum absolute atomic E-state index is 6.17. The van der Waals surface area contributed by atoms with E-state index in [1.54, 1.807) is 6.07 Å². The summed E-state index contributed by atoms with van der Waals surface area (Å²) >= 11 is 12.2. The van der Waals surface area contributed by atoms with Gasteiger partial charge in [0.1, 0.15) is 0 Å². The Bertz CT molecular complexity index is 548. The van der Waals surface area contributed by atoms with Crippen molar-refractivity contribution in [3.63, 3.8) is 0 Å². The lowest BCUT2D eigenvalue weighted by Gasteiger charge is -2.08. The van der Waals surface area contributed by atoms with Crippen LogP contribution in [0.2, 0.25) is 10.0 Å². The predicted octanol–water partition coefficient (Wildman–Crippen LogP) is 5.01. The number of rotatable bonds is 6. The minimum atomic E-state index is 0.665. The molecular weight excluding hydrogens is 281 g/mol. The number of benzene rings is 1. The van der Waals surface area contributed by atoms with E-state index in [2.05, 4.69) is 18.4 Å². The second-order valence-corrected chi connectivity index (χ2v) is 5.97. The van der Waals surface area contributed by atoms with Crippen molar-refractivity contribution < 1.29 is 4.74 Å². The van der Waals surface area contributed by atoms with Crippen LogP contribution < -0.4 is 0 Å². The molecular formula is C15H19Cl2NO. The van der Waals surface area contributed by atoms with Gasteiger partial charge in [0.25, 0.3) is 0 Å². The van der Waals surface area contributed by atoms with Crippen molar-refractivity contribution in [3.05, 3.63) is 34.4 Å². The van der Waals surface area contributed by atoms with E-state index in [1.807, 2.05) is 18.3 Å². The molecule has 0 spiro atoms. The van der Waals surface area contributed by atoms with Gasteiger partial charge in [0, 0.05) is 29.8 Å². The molecule has 1 heterocycles. The van der Waals surface area contributed by atoms with Crippen LogP contribution in [-0.2, 0) is 11.3 Å².